The molecule has 0 heterocycles. The molecule has 0 saturated heterocycles. The Morgan fingerprint density at radius 1 is 1.08 bits per heavy atom. The minimum atomic E-state index is -1.08. The van der Waals surface area contributed by atoms with Gasteiger partial charge < -0.3 is 14.9 Å². The lowest BCUT2D eigenvalue weighted by molar-refractivity contribution is -0.131. The van der Waals surface area contributed by atoms with Gasteiger partial charge in [-0.15, -0.1) is 0 Å². The van der Waals surface area contributed by atoms with Crippen LogP contribution in [-0.4, -0.2) is 22.3 Å². The summed E-state index contributed by atoms with van der Waals surface area (Å²) >= 11 is 0. The van der Waals surface area contributed by atoms with Crippen LogP contribution in [0.3, 0.4) is 0 Å². The van der Waals surface area contributed by atoms with Crippen LogP contribution >= 0.6 is 0 Å². The Morgan fingerprint density at radius 2 is 1.69 bits per heavy atom. The lowest BCUT2D eigenvalue weighted by atomic mass is 9.96. The van der Waals surface area contributed by atoms with Crippen molar-refractivity contribution in [3.63, 3.8) is 0 Å². The van der Waals surface area contributed by atoms with Gasteiger partial charge in [0.2, 0.25) is 0 Å². The molecule has 0 fully saturated rings. The number of carboxylic acid groups (broad SMARTS) is 1. The predicted octanol–water partition coefficient (Wildman–Crippen LogP) is 4.27. The molecule has 6 nitrogen and oxygen atoms in total. The molecule has 0 radical (unpaired) electrons. The number of carbonyl (C=O) groups excluding carboxylic acids is 1. The van der Waals surface area contributed by atoms with Gasteiger partial charge in [-0.05, 0) is 36.8 Å². The van der Waals surface area contributed by atoms with Crippen molar-refractivity contribution in [2.45, 2.75) is 20.0 Å². The number of nitrogens with one attached hydrogen (secondary N) is 1. The minimum absolute atomic E-state index is 0.0883. The highest BCUT2D eigenvalue weighted by atomic mass is 16.6. The number of phenolic OH excluding ortho intramolecular Hbond substituents is 1. The number of anilines is 1. The van der Waals surface area contributed by atoms with Crippen molar-refractivity contribution >= 4 is 17.7 Å². The average Bonchev–Trinajstić information content (AvgIpc) is 2.60. The third kappa shape index (κ3) is 5.66. The van der Waals surface area contributed by atoms with Crippen LogP contribution in [0.5, 0.6) is 5.75 Å². The second-order valence-corrected chi connectivity index (χ2v) is 5.96. The molecule has 26 heavy (non-hydrogen) atoms. The van der Waals surface area contributed by atoms with Gasteiger partial charge in [-0.1, -0.05) is 42.8 Å². The summed E-state index contributed by atoms with van der Waals surface area (Å²) in [5.41, 5.74) is 2.31. The van der Waals surface area contributed by atoms with E-state index in [0.717, 1.165) is 11.6 Å². The second-order valence-electron chi connectivity index (χ2n) is 5.96. The number of hydrogen-bond acceptors (Lipinski definition) is 4. The smallest absolute Gasteiger partial charge is 0.412 e. The third-order valence-electron chi connectivity index (χ3n) is 3.77. The molecule has 0 unspecified atom stereocenters. The fourth-order valence-electron chi connectivity index (χ4n) is 2.38. The molecular weight excluding hydrogens is 334 g/mol. The van der Waals surface area contributed by atoms with E-state index in [1.165, 1.54) is 18.2 Å². The van der Waals surface area contributed by atoms with Crippen LogP contribution in [0, 0.1) is 12.8 Å². The van der Waals surface area contributed by atoms with Gasteiger partial charge in [-0.25, -0.2) is 9.59 Å². The third-order valence-corrected chi connectivity index (χ3v) is 3.77. The van der Waals surface area contributed by atoms with Crippen molar-refractivity contribution < 1.29 is 24.5 Å². The minimum Gasteiger partial charge on any atom is -0.508 e. The van der Waals surface area contributed by atoms with Crippen molar-refractivity contribution in [3.05, 3.63) is 71.8 Å². The second kappa shape index (κ2) is 8.71. The molecule has 136 valence electrons. The molecule has 6 heteroatoms. The molecule has 2 atom stereocenters. The standard InChI is InChI=1S/C20H21NO5/c1-13-3-8-16(9-4-13)21-20(25)26-19(14(2)5-12-18(23)24)15-6-10-17(22)11-7-15/h3-12,14,19,22H,1-2H3,(H,21,25)(H,23,24)/b12-5+/t14-,19-/m1/s1. The molecular formula is C20H21NO5. The summed E-state index contributed by atoms with van der Waals surface area (Å²) in [5, 5.41) is 20.9. The lowest BCUT2D eigenvalue weighted by Crippen LogP contribution is -2.21. The summed E-state index contributed by atoms with van der Waals surface area (Å²) in [7, 11) is 0. The Morgan fingerprint density at radius 3 is 2.27 bits per heavy atom. The average molecular weight is 355 g/mol. The van der Waals surface area contributed by atoms with Crippen molar-refractivity contribution in [1.82, 2.24) is 0 Å². The highest BCUT2D eigenvalue weighted by Crippen LogP contribution is 2.29. The summed E-state index contributed by atoms with van der Waals surface area (Å²) in [4.78, 5) is 23.0. The maximum Gasteiger partial charge on any atom is 0.412 e. The molecule has 2 rings (SSSR count). The van der Waals surface area contributed by atoms with Crippen molar-refractivity contribution in [2.75, 3.05) is 5.32 Å². The van der Waals surface area contributed by atoms with Gasteiger partial charge in [0.05, 0.1) is 0 Å². The van der Waals surface area contributed by atoms with Crippen LogP contribution in [0.1, 0.15) is 24.2 Å². The monoisotopic (exact) mass is 355 g/mol. The van der Waals surface area contributed by atoms with E-state index in [0.29, 0.717) is 11.3 Å². The Balaban J connectivity index is 2.16. The van der Waals surface area contributed by atoms with Gasteiger partial charge in [-0.2, -0.15) is 0 Å². The molecule has 0 spiro atoms. The number of ether oxygens (including phenoxy) is 1. The van der Waals surface area contributed by atoms with Crippen LogP contribution in [-0.2, 0) is 9.53 Å². The predicted molar refractivity (Wildman–Crippen MR) is 98.1 cm³/mol. The molecule has 0 bridgehead atoms. The van der Waals surface area contributed by atoms with Gasteiger partial charge in [0, 0.05) is 17.7 Å². The van der Waals surface area contributed by atoms with Gasteiger partial charge >= 0.3 is 12.1 Å². The molecule has 2 aromatic carbocycles. The molecule has 1 amide bonds. The Kier molecular flexibility index (Phi) is 6.38. The van der Waals surface area contributed by atoms with Gasteiger partial charge in [0.15, 0.2) is 0 Å². The van der Waals surface area contributed by atoms with E-state index in [2.05, 4.69) is 5.32 Å². The number of aryl methyl sites for hydroxylation is 1. The van der Waals surface area contributed by atoms with Gasteiger partial charge in [-0.3, -0.25) is 5.32 Å². The fraction of sp³-hybridized carbons (Fsp3) is 0.200. The number of phenols is 1. The van der Waals surface area contributed by atoms with Crippen molar-refractivity contribution in [3.8, 4) is 5.75 Å². The van der Waals surface area contributed by atoms with Crippen LogP contribution in [0.25, 0.3) is 0 Å². The number of carbonyl (C=O) groups is 2. The quantitative estimate of drug-likeness (QED) is 0.673. The molecule has 0 saturated carbocycles. The number of aliphatic carboxylic acids is 1. The zero-order valence-electron chi connectivity index (χ0n) is 14.5. The van der Waals surface area contributed by atoms with E-state index in [4.69, 9.17) is 9.84 Å². The topological polar surface area (TPSA) is 95.9 Å². The van der Waals surface area contributed by atoms with Crippen molar-refractivity contribution in [1.29, 1.82) is 0 Å². The Bertz CT molecular complexity index is 781. The maximum atomic E-state index is 12.3. The summed E-state index contributed by atoms with van der Waals surface area (Å²) in [6.07, 6.45) is 1.11. The summed E-state index contributed by atoms with van der Waals surface area (Å²) < 4.78 is 5.53. The van der Waals surface area contributed by atoms with E-state index in [1.54, 1.807) is 31.2 Å². The van der Waals surface area contributed by atoms with Crippen molar-refractivity contribution in [2.24, 2.45) is 5.92 Å². The number of rotatable bonds is 6. The number of carboxylic acids is 1. The molecule has 2 aromatic rings. The number of aromatic hydroxyl groups is 1. The van der Waals surface area contributed by atoms with Gasteiger partial charge in [0.25, 0.3) is 0 Å². The number of hydrogen-bond donors (Lipinski definition) is 3. The van der Waals surface area contributed by atoms with Crippen LogP contribution in [0.2, 0.25) is 0 Å². The normalized spacial score (nSPS) is 13.2. The first-order chi connectivity index (χ1) is 12.3. The molecule has 0 aliphatic heterocycles. The van der Waals surface area contributed by atoms with E-state index < -0.39 is 18.2 Å². The van der Waals surface area contributed by atoms with E-state index in [1.807, 2.05) is 19.1 Å². The zero-order chi connectivity index (χ0) is 19.1. The van der Waals surface area contributed by atoms with Crippen LogP contribution in [0.15, 0.2) is 60.7 Å². The Labute approximate surface area is 151 Å². The molecule has 3 N–H and O–H groups in total. The first-order valence-corrected chi connectivity index (χ1v) is 8.09. The summed E-state index contributed by atoms with van der Waals surface area (Å²) in [6.45, 7) is 3.69. The van der Waals surface area contributed by atoms with E-state index in [-0.39, 0.29) is 11.7 Å². The van der Waals surface area contributed by atoms with Crippen LogP contribution < -0.4 is 5.32 Å². The lowest BCUT2D eigenvalue weighted by Gasteiger charge is -2.22. The molecule has 0 aliphatic carbocycles. The highest BCUT2D eigenvalue weighted by molar-refractivity contribution is 5.84. The van der Waals surface area contributed by atoms with Crippen LogP contribution in [0.4, 0.5) is 10.5 Å². The first-order valence-electron chi connectivity index (χ1n) is 8.09. The summed E-state index contributed by atoms with van der Waals surface area (Å²) in [6, 6.07) is 13.5. The SMILES string of the molecule is Cc1ccc(NC(=O)O[C@@H](c2ccc(O)cc2)[C@H](C)/C=C/C(=O)O)cc1. The molecule has 0 aromatic heterocycles. The molecule has 0 aliphatic rings. The van der Waals surface area contributed by atoms with Gasteiger partial charge in [0.1, 0.15) is 11.9 Å². The zero-order valence-corrected chi connectivity index (χ0v) is 14.5. The summed E-state index contributed by atoms with van der Waals surface area (Å²) in [5.74, 6) is -1.38. The maximum absolute atomic E-state index is 12.3. The highest BCUT2D eigenvalue weighted by Gasteiger charge is 2.22. The largest absolute Gasteiger partial charge is 0.508 e. The number of benzene rings is 2. The van der Waals surface area contributed by atoms with E-state index >= 15 is 0 Å². The Hall–Kier alpha value is -3.28. The first kappa shape index (κ1) is 19.1. The fourth-order valence-corrected chi connectivity index (χ4v) is 2.38. The number of amides is 1. The van der Waals surface area contributed by atoms with E-state index in [9.17, 15) is 14.7 Å².